The second kappa shape index (κ2) is 5.38. The van der Waals surface area contributed by atoms with E-state index in [2.05, 4.69) is 17.2 Å². The minimum absolute atomic E-state index is 0.0137. The predicted octanol–water partition coefficient (Wildman–Crippen LogP) is 2.32. The number of aromatic nitrogens is 1. The third-order valence-corrected chi connectivity index (χ3v) is 3.76. The number of piperazine rings is 1. The molecule has 2 aromatic rings. The number of rotatable bonds is 1. The lowest BCUT2D eigenvalue weighted by molar-refractivity contribution is 0.0703. The van der Waals surface area contributed by atoms with Crippen molar-refractivity contribution in [2.75, 3.05) is 19.6 Å². The Morgan fingerprint density at radius 3 is 3.00 bits per heavy atom. The number of nitrogens with zero attached hydrogens (tertiary/aromatic N) is 2. The van der Waals surface area contributed by atoms with Gasteiger partial charge in [0.2, 0.25) is 0 Å². The van der Waals surface area contributed by atoms with Gasteiger partial charge in [-0.2, -0.15) is 0 Å². The van der Waals surface area contributed by atoms with E-state index >= 15 is 0 Å². The van der Waals surface area contributed by atoms with E-state index in [1.54, 1.807) is 12.1 Å². The molecule has 1 N–H and O–H groups in total. The van der Waals surface area contributed by atoms with Crippen LogP contribution in [0, 0.1) is 0 Å². The molecule has 2 heterocycles. The molecule has 3 rings (SSSR count). The number of hydrogen-bond acceptors (Lipinski definition) is 3. The van der Waals surface area contributed by atoms with E-state index in [1.807, 2.05) is 23.1 Å². The van der Waals surface area contributed by atoms with Crippen LogP contribution in [0.5, 0.6) is 0 Å². The van der Waals surface area contributed by atoms with E-state index in [1.165, 1.54) is 0 Å². The maximum absolute atomic E-state index is 12.5. The molecule has 1 atom stereocenters. The minimum atomic E-state index is -0.0137. The summed E-state index contributed by atoms with van der Waals surface area (Å²) in [5.41, 5.74) is 1.24. The first-order chi connectivity index (χ1) is 9.63. The van der Waals surface area contributed by atoms with Crippen molar-refractivity contribution in [3.05, 3.63) is 41.0 Å². The van der Waals surface area contributed by atoms with Gasteiger partial charge < -0.3 is 10.2 Å². The summed E-state index contributed by atoms with van der Waals surface area (Å²) < 4.78 is 0. The Balaban J connectivity index is 1.91. The number of halogens is 1. The Labute approximate surface area is 122 Å². The highest BCUT2D eigenvalue weighted by molar-refractivity contribution is 6.31. The molecule has 0 aliphatic carbocycles. The van der Waals surface area contributed by atoms with Crippen LogP contribution in [0.1, 0.15) is 17.4 Å². The van der Waals surface area contributed by atoms with Gasteiger partial charge in [-0.3, -0.25) is 4.79 Å². The second-order valence-corrected chi connectivity index (χ2v) is 5.58. The lowest BCUT2D eigenvalue weighted by atomic mass is 10.1. The van der Waals surface area contributed by atoms with Gasteiger partial charge in [-0.05, 0) is 25.1 Å². The van der Waals surface area contributed by atoms with E-state index in [0.29, 0.717) is 23.3 Å². The minimum Gasteiger partial charge on any atom is -0.334 e. The molecule has 1 saturated heterocycles. The summed E-state index contributed by atoms with van der Waals surface area (Å²) in [6.07, 6.45) is 0. The van der Waals surface area contributed by atoms with Crippen LogP contribution in [0.25, 0.3) is 10.9 Å². The largest absolute Gasteiger partial charge is 0.334 e. The van der Waals surface area contributed by atoms with Crippen LogP contribution in [0.2, 0.25) is 5.02 Å². The monoisotopic (exact) mass is 289 g/mol. The second-order valence-electron chi connectivity index (χ2n) is 5.14. The summed E-state index contributed by atoms with van der Waals surface area (Å²) in [5.74, 6) is -0.0137. The fourth-order valence-corrected chi connectivity index (χ4v) is 2.65. The Morgan fingerprint density at radius 1 is 1.40 bits per heavy atom. The first kappa shape index (κ1) is 13.3. The number of carbonyl (C=O) groups excluding carboxylic acids is 1. The standard InChI is InChI=1S/C15H16ClN3O/c1-10-9-19(7-6-17-10)15(20)13-5-3-11-2-4-12(16)8-14(11)18-13/h2-5,8,10,17H,6-7,9H2,1H3. The van der Waals surface area contributed by atoms with Crippen molar-refractivity contribution >= 4 is 28.4 Å². The first-order valence-corrected chi connectivity index (χ1v) is 7.10. The highest BCUT2D eigenvalue weighted by atomic mass is 35.5. The van der Waals surface area contributed by atoms with Crippen LogP contribution in [0.4, 0.5) is 0 Å². The number of fused-ring (bicyclic) bond motifs is 1. The third-order valence-electron chi connectivity index (χ3n) is 3.53. The van der Waals surface area contributed by atoms with Crippen molar-refractivity contribution in [3.63, 3.8) is 0 Å². The van der Waals surface area contributed by atoms with Gasteiger partial charge in [0.15, 0.2) is 0 Å². The summed E-state index contributed by atoms with van der Waals surface area (Å²) in [6.45, 7) is 4.34. The van der Waals surface area contributed by atoms with Crippen molar-refractivity contribution in [3.8, 4) is 0 Å². The molecule has 1 unspecified atom stereocenters. The quantitative estimate of drug-likeness (QED) is 0.876. The molecule has 1 aliphatic rings. The van der Waals surface area contributed by atoms with Crippen LogP contribution < -0.4 is 5.32 Å². The molecule has 1 aromatic carbocycles. The third kappa shape index (κ3) is 2.62. The van der Waals surface area contributed by atoms with E-state index in [4.69, 9.17) is 11.6 Å². The zero-order valence-corrected chi connectivity index (χ0v) is 12.0. The molecular weight excluding hydrogens is 274 g/mol. The zero-order chi connectivity index (χ0) is 14.1. The Kier molecular flexibility index (Phi) is 3.59. The van der Waals surface area contributed by atoms with Gasteiger partial charge in [-0.1, -0.05) is 23.7 Å². The van der Waals surface area contributed by atoms with E-state index < -0.39 is 0 Å². The lowest BCUT2D eigenvalue weighted by Gasteiger charge is -2.31. The molecule has 20 heavy (non-hydrogen) atoms. The summed E-state index contributed by atoms with van der Waals surface area (Å²) in [4.78, 5) is 18.8. The summed E-state index contributed by atoms with van der Waals surface area (Å²) in [7, 11) is 0. The van der Waals surface area contributed by atoms with Crippen molar-refractivity contribution in [2.24, 2.45) is 0 Å². The summed E-state index contributed by atoms with van der Waals surface area (Å²) in [5, 5.41) is 4.94. The normalized spacial score (nSPS) is 19.3. The van der Waals surface area contributed by atoms with Gasteiger partial charge in [-0.15, -0.1) is 0 Å². The fraction of sp³-hybridized carbons (Fsp3) is 0.333. The first-order valence-electron chi connectivity index (χ1n) is 6.72. The molecule has 1 fully saturated rings. The van der Waals surface area contributed by atoms with Crippen molar-refractivity contribution < 1.29 is 4.79 Å². The van der Waals surface area contributed by atoms with Gasteiger partial charge in [0, 0.05) is 36.1 Å². The fourth-order valence-electron chi connectivity index (χ4n) is 2.49. The molecule has 0 bridgehead atoms. The predicted molar refractivity (Wildman–Crippen MR) is 80.1 cm³/mol. The highest BCUT2D eigenvalue weighted by Gasteiger charge is 2.22. The smallest absolute Gasteiger partial charge is 0.272 e. The van der Waals surface area contributed by atoms with Crippen LogP contribution in [-0.2, 0) is 0 Å². The lowest BCUT2D eigenvalue weighted by Crippen LogP contribution is -2.51. The SMILES string of the molecule is CC1CN(C(=O)c2ccc3ccc(Cl)cc3n2)CCN1. The van der Waals surface area contributed by atoms with Gasteiger partial charge in [0.25, 0.3) is 5.91 Å². The van der Waals surface area contributed by atoms with E-state index in [-0.39, 0.29) is 5.91 Å². The van der Waals surface area contributed by atoms with Crippen molar-refractivity contribution in [2.45, 2.75) is 13.0 Å². The molecule has 0 spiro atoms. The Bertz CT molecular complexity index is 659. The topological polar surface area (TPSA) is 45.2 Å². The van der Waals surface area contributed by atoms with E-state index in [0.717, 1.165) is 24.0 Å². The molecule has 0 saturated carbocycles. The Hall–Kier alpha value is -1.65. The van der Waals surface area contributed by atoms with Crippen molar-refractivity contribution in [1.29, 1.82) is 0 Å². The van der Waals surface area contributed by atoms with Gasteiger partial charge in [-0.25, -0.2) is 4.98 Å². The maximum Gasteiger partial charge on any atom is 0.272 e. The van der Waals surface area contributed by atoms with Crippen LogP contribution in [-0.4, -0.2) is 41.5 Å². The average molecular weight is 290 g/mol. The van der Waals surface area contributed by atoms with Gasteiger partial charge in [0.1, 0.15) is 5.69 Å². The zero-order valence-electron chi connectivity index (χ0n) is 11.3. The van der Waals surface area contributed by atoms with Crippen molar-refractivity contribution in [1.82, 2.24) is 15.2 Å². The van der Waals surface area contributed by atoms with Crippen LogP contribution in [0.15, 0.2) is 30.3 Å². The molecule has 104 valence electrons. The molecule has 1 aromatic heterocycles. The molecule has 5 heteroatoms. The van der Waals surface area contributed by atoms with Gasteiger partial charge >= 0.3 is 0 Å². The molecule has 1 aliphatic heterocycles. The van der Waals surface area contributed by atoms with Crippen LogP contribution >= 0.6 is 11.6 Å². The molecular formula is C15H16ClN3O. The number of carbonyl (C=O) groups is 1. The number of benzene rings is 1. The molecule has 1 amide bonds. The number of nitrogens with one attached hydrogen (secondary N) is 1. The highest BCUT2D eigenvalue weighted by Crippen LogP contribution is 2.18. The number of pyridine rings is 1. The van der Waals surface area contributed by atoms with E-state index in [9.17, 15) is 4.79 Å². The Morgan fingerprint density at radius 2 is 2.20 bits per heavy atom. The number of amides is 1. The summed E-state index contributed by atoms with van der Waals surface area (Å²) >= 11 is 5.97. The molecule has 0 radical (unpaired) electrons. The average Bonchev–Trinajstić information content (AvgIpc) is 2.45. The maximum atomic E-state index is 12.5. The molecule has 4 nitrogen and oxygen atoms in total. The van der Waals surface area contributed by atoms with Crippen LogP contribution in [0.3, 0.4) is 0 Å². The number of hydrogen-bond donors (Lipinski definition) is 1. The summed E-state index contributed by atoms with van der Waals surface area (Å²) in [6, 6.07) is 9.54. The van der Waals surface area contributed by atoms with Gasteiger partial charge in [0.05, 0.1) is 5.52 Å².